The summed E-state index contributed by atoms with van der Waals surface area (Å²) in [5.74, 6) is 1.84. The van der Waals surface area contributed by atoms with Gasteiger partial charge in [-0.3, -0.25) is 14.3 Å². The first kappa shape index (κ1) is 27.8. The Hall–Kier alpha value is -5.00. The van der Waals surface area contributed by atoms with Gasteiger partial charge in [-0.25, -0.2) is 4.79 Å². The Kier molecular flexibility index (Phi) is 6.71. The lowest BCUT2D eigenvalue weighted by Crippen LogP contribution is -2.52. The minimum Gasteiger partial charge on any atom is -0.493 e. The van der Waals surface area contributed by atoms with E-state index in [-0.39, 0.29) is 29.9 Å². The summed E-state index contributed by atoms with van der Waals surface area (Å²) in [4.78, 5) is 40.3. The van der Waals surface area contributed by atoms with E-state index in [1.54, 1.807) is 34.1 Å². The highest BCUT2D eigenvalue weighted by atomic mass is 16.7. The number of hydrogen-bond acceptors (Lipinski definition) is 8. The first-order valence-electron chi connectivity index (χ1n) is 14.9. The average molecular weight is 600 g/mol. The van der Waals surface area contributed by atoms with E-state index in [4.69, 9.17) is 14.2 Å². The highest BCUT2D eigenvalue weighted by Crippen LogP contribution is 2.45. The Morgan fingerprint density at radius 3 is 2.61 bits per heavy atom. The predicted octanol–water partition coefficient (Wildman–Crippen LogP) is 5.55. The fourth-order valence-corrected chi connectivity index (χ4v) is 6.33. The minimum absolute atomic E-state index is 0.0201. The number of nitrogens with zero attached hydrogens (tertiary/aromatic N) is 4. The second-order valence-corrected chi connectivity index (χ2v) is 11.7. The molecule has 1 saturated heterocycles. The van der Waals surface area contributed by atoms with Crippen molar-refractivity contribution in [1.82, 2.24) is 19.2 Å². The van der Waals surface area contributed by atoms with Crippen molar-refractivity contribution in [3.63, 3.8) is 0 Å². The van der Waals surface area contributed by atoms with Gasteiger partial charge in [0.25, 0.3) is 5.91 Å². The van der Waals surface area contributed by atoms with E-state index in [0.29, 0.717) is 66.1 Å². The fraction of sp³-hybridized carbons (Fsp3) is 0.375. The summed E-state index contributed by atoms with van der Waals surface area (Å²) in [5.41, 5.74) is 1.82. The van der Waals surface area contributed by atoms with Gasteiger partial charge in [-0.2, -0.15) is 5.10 Å². The molecule has 3 aliphatic rings. The molecule has 1 aliphatic carbocycles. The van der Waals surface area contributed by atoms with Crippen LogP contribution in [0.4, 0.5) is 16.3 Å². The van der Waals surface area contributed by atoms with E-state index >= 15 is 0 Å². The lowest BCUT2D eigenvalue weighted by Gasteiger charge is -2.44. The molecule has 4 heterocycles. The number of benzene rings is 2. The van der Waals surface area contributed by atoms with Crippen molar-refractivity contribution in [3.8, 4) is 17.2 Å². The number of rotatable bonds is 7. The number of Topliss-reactive ketones (excluding diaryl/α,β-unsaturated/α-hetero) is 1. The molecule has 44 heavy (non-hydrogen) atoms. The van der Waals surface area contributed by atoms with Gasteiger partial charge in [-0.1, -0.05) is 0 Å². The zero-order valence-electron chi connectivity index (χ0n) is 24.5. The highest BCUT2D eigenvalue weighted by Gasteiger charge is 2.44. The van der Waals surface area contributed by atoms with Crippen LogP contribution in [0.15, 0.2) is 48.8 Å². The van der Waals surface area contributed by atoms with Gasteiger partial charge in [0.2, 0.25) is 0 Å². The monoisotopic (exact) mass is 599 g/mol. The molecule has 2 aliphatic heterocycles. The molecule has 2 aromatic carbocycles. The molecule has 1 saturated carbocycles. The third kappa shape index (κ3) is 4.99. The molecule has 0 bridgehead atoms. The van der Waals surface area contributed by atoms with E-state index in [1.165, 1.54) is 0 Å². The Labute approximate surface area is 253 Å². The Balaban J connectivity index is 1.10. The maximum Gasteiger partial charge on any atom is 0.511 e. The van der Waals surface area contributed by atoms with Crippen molar-refractivity contribution in [2.45, 2.75) is 50.7 Å². The van der Waals surface area contributed by atoms with Gasteiger partial charge in [-0.15, -0.1) is 0 Å². The number of fused-ring (bicyclic) bond motifs is 2. The summed E-state index contributed by atoms with van der Waals surface area (Å²) in [6, 6.07) is 11.1. The van der Waals surface area contributed by atoms with Crippen molar-refractivity contribution >= 4 is 40.3 Å². The van der Waals surface area contributed by atoms with E-state index in [0.717, 1.165) is 24.3 Å². The number of aromatic nitrogens is 3. The molecule has 7 rings (SSSR count). The molecular weight excluding hydrogens is 566 g/mol. The van der Waals surface area contributed by atoms with E-state index in [9.17, 15) is 19.5 Å². The van der Waals surface area contributed by atoms with Crippen LogP contribution >= 0.6 is 0 Å². The zero-order chi connectivity index (χ0) is 30.6. The number of piperidine rings is 1. The number of amides is 1. The minimum atomic E-state index is -1.41. The molecule has 0 atom stereocenters. The first-order chi connectivity index (χ1) is 21.2. The Bertz CT molecular complexity index is 1800. The molecule has 228 valence electrons. The number of carboxylic acid groups (broad SMARTS) is 1. The number of anilines is 2. The van der Waals surface area contributed by atoms with E-state index < -0.39 is 11.8 Å². The quantitative estimate of drug-likeness (QED) is 0.262. The van der Waals surface area contributed by atoms with Crippen LogP contribution in [0, 0.1) is 0 Å². The summed E-state index contributed by atoms with van der Waals surface area (Å²) in [6.45, 7) is 3.04. The summed E-state index contributed by atoms with van der Waals surface area (Å²) in [5, 5.41) is 17.3. The fourth-order valence-electron chi connectivity index (χ4n) is 6.33. The van der Waals surface area contributed by atoms with Crippen LogP contribution in [0.5, 0.6) is 17.2 Å². The third-order valence-corrected chi connectivity index (χ3v) is 8.69. The summed E-state index contributed by atoms with van der Waals surface area (Å²) in [6.07, 6.45) is 5.21. The van der Waals surface area contributed by atoms with E-state index in [1.807, 2.05) is 42.8 Å². The number of likely N-dealkylation sites (tertiary alicyclic amines) is 1. The third-order valence-electron chi connectivity index (χ3n) is 8.69. The van der Waals surface area contributed by atoms with Crippen LogP contribution in [0.1, 0.15) is 65.8 Å². The van der Waals surface area contributed by atoms with Gasteiger partial charge in [0.15, 0.2) is 11.5 Å². The van der Waals surface area contributed by atoms with Gasteiger partial charge in [0, 0.05) is 62.5 Å². The molecule has 0 radical (unpaired) electrons. The Morgan fingerprint density at radius 1 is 1.14 bits per heavy atom. The summed E-state index contributed by atoms with van der Waals surface area (Å²) >= 11 is 0. The first-order valence-corrected chi connectivity index (χ1v) is 14.9. The largest absolute Gasteiger partial charge is 0.511 e. The predicted molar refractivity (Wildman–Crippen MR) is 160 cm³/mol. The van der Waals surface area contributed by atoms with Gasteiger partial charge < -0.3 is 34.1 Å². The Morgan fingerprint density at radius 2 is 1.93 bits per heavy atom. The number of aryl methyl sites for hydroxylation is 1. The maximum absolute atomic E-state index is 13.8. The molecule has 0 unspecified atom stereocenters. The van der Waals surface area contributed by atoms with Gasteiger partial charge >= 0.3 is 6.16 Å². The molecule has 4 aromatic rings. The number of ether oxygens (including phenoxy) is 3. The van der Waals surface area contributed by atoms with Crippen LogP contribution < -0.4 is 19.5 Å². The lowest BCUT2D eigenvalue weighted by molar-refractivity contribution is -0.00571. The number of hydrogen-bond donors (Lipinski definition) is 2. The van der Waals surface area contributed by atoms with Gasteiger partial charge in [0.05, 0.1) is 35.7 Å². The van der Waals surface area contributed by atoms with Gasteiger partial charge in [0.1, 0.15) is 22.9 Å². The van der Waals surface area contributed by atoms with Crippen molar-refractivity contribution in [2.24, 2.45) is 7.05 Å². The normalized spacial score (nSPS) is 17.3. The lowest BCUT2D eigenvalue weighted by atomic mass is 9.82. The topological polar surface area (TPSA) is 137 Å². The van der Waals surface area contributed by atoms with Crippen LogP contribution in [0.2, 0.25) is 0 Å². The van der Waals surface area contributed by atoms with Crippen molar-refractivity contribution in [2.75, 3.05) is 25.0 Å². The second-order valence-electron chi connectivity index (χ2n) is 11.7. The van der Waals surface area contributed by atoms with Crippen molar-refractivity contribution in [1.29, 1.82) is 0 Å². The maximum atomic E-state index is 13.8. The molecule has 12 heteroatoms. The molecule has 1 spiro atoms. The molecular formula is C32H33N5O7. The molecule has 2 N–H and O–H groups in total. The smallest absolute Gasteiger partial charge is 0.493 e. The SMILES string of the molecule is CCOc1cc(C(=O)N2CCC3(CC2)CC(=O)c2cc(Nc4ccnn4C)ccc2O3)cc2c1c(OC(=O)O)cn2C1CC1. The van der Waals surface area contributed by atoms with E-state index in [2.05, 4.69) is 10.4 Å². The van der Waals surface area contributed by atoms with Gasteiger partial charge in [-0.05, 0) is 50.1 Å². The molecule has 2 aromatic heterocycles. The van der Waals surface area contributed by atoms with Crippen LogP contribution in [-0.4, -0.2) is 67.5 Å². The standard InChI is InChI=1S/C32H33N5O7/c1-3-42-26-15-19(14-23-29(26)27(43-31(40)41)18-37(23)21-5-6-21)30(39)36-12-9-32(10-13-36)17-24(38)22-16-20(4-7-25(22)44-32)34-28-8-11-33-35(28)2/h4,7-8,11,14-16,18,21,34H,3,5-6,9-10,12-13,17H2,1-2H3,(H,40,41). The highest BCUT2D eigenvalue weighted by molar-refractivity contribution is 6.03. The molecule has 1 amide bonds. The van der Waals surface area contributed by atoms with Crippen molar-refractivity contribution in [3.05, 3.63) is 59.9 Å². The zero-order valence-corrected chi connectivity index (χ0v) is 24.5. The number of carbonyl (C=O) groups excluding carboxylic acids is 2. The summed E-state index contributed by atoms with van der Waals surface area (Å²) in [7, 11) is 1.84. The summed E-state index contributed by atoms with van der Waals surface area (Å²) < 4.78 is 21.2. The molecule has 2 fully saturated rings. The van der Waals surface area contributed by atoms with Crippen LogP contribution in [0.3, 0.4) is 0 Å². The average Bonchev–Trinajstić information content (AvgIpc) is 3.67. The number of nitrogens with one attached hydrogen (secondary N) is 1. The number of ketones is 1. The van der Waals surface area contributed by atoms with Crippen LogP contribution in [0.25, 0.3) is 10.9 Å². The van der Waals surface area contributed by atoms with Crippen LogP contribution in [-0.2, 0) is 7.05 Å². The molecule has 12 nitrogen and oxygen atoms in total. The van der Waals surface area contributed by atoms with Crippen molar-refractivity contribution < 1.29 is 33.7 Å². The number of carbonyl (C=O) groups is 3. The second kappa shape index (κ2) is 10.6.